The minimum absolute atomic E-state index is 0.000386. The van der Waals surface area contributed by atoms with E-state index >= 15 is 0 Å². The molecule has 2 aliphatic rings. The maximum absolute atomic E-state index is 13.6. The van der Waals surface area contributed by atoms with Crippen LogP contribution in [0, 0.1) is 11.6 Å². The Hall–Kier alpha value is -1.53. The fraction of sp³-hybridized carbons (Fsp3) is 0.562. The van der Waals surface area contributed by atoms with E-state index in [0.717, 1.165) is 45.2 Å². The molecule has 120 valence electrons. The summed E-state index contributed by atoms with van der Waals surface area (Å²) in [5.41, 5.74) is 0.261. The minimum atomic E-state index is -0.647. The van der Waals surface area contributed by atoms with Crippen LogP contribution >= 0.6 is 0 Å². The third kappa shape index (κ3) is 3.44. The summed E-state index contributed by atoms with van der Waals surface area (Å²) in [4.78, 5) is 16.5. The first-order valence-corrected chi connectivity index (χ1v) is 7.80. The van der Waals surface area contributed by atoms with E-state index in [2.05, 4.69) is 10.2 Å². The van der Waals surface area contributed by atoms with E-state index in [4.69, 9.17) is 0 Å². The maximum atomic E-state index is 13.6. The van der Waals surface area contributed by atoms with Crippen molar-refractivity contribution in [3.05, 3.63) is 35.4 Å². The highest BCUT2D eigenvalue weighted by atomic mass is 19.1. The lowest BCUT2D eigenvalue weighted by atomic mass is 10.1. The molecule has 6 heteroatoms. The van der Waals surface area contributed by atoms with Crippen molar-refractivity contribution < 1.29 is 13.6 Å². The van der Waals surface area contributed by atoms with Crippen molar-refractivity contribution in [2.24, 2.45) is 0 Å². The Morgan fingerprint density at radius 2 is 2.00 bits per heavy atom. The van der Waals surface area contributed by atoms with Gasteiger partial charge in [-0.2, -0.15) is 0 Å². The molecule has 2 heterocycles. The predicted molar refractivity (Wildman–Crippen MR) is 79.5 cm³/mol. The van der Waals surface area contributed by atoms with Crippen LogP contribution in [0.2, 0.25) is 0 Å². The van der Waals surface area contributed by atoms with E-state index < -0.39 is 11.6 Å². The van der Waals surface area contributed by atoms with Crippen molar-refractivity contribution in [1.29, 1.82) is 0 Å². The molecule has 0 bridgehead atoms. The van der Waals surface area contributed by atoms with Gasteiger partial charge in [-0.25, -0.2) is 8.78 Å². The highest BCUT2D eigenvalue weighted by Gasteiger charge is 2.31. The number of rotatable bonds is 3. The summed E-state index contributed by atoms with van der Waals surface area (Å²) in [5.74, 6) is -1.34. The molecule has 2 saturated heterocycles. The quantitative estimate of drug-likeness (QED) is 0.905. The van der Waals surface area contributed by atoms with E-state index in [1.165, 1.54) is 12.1 Å². The van der Waals surface area contributed by atoms with Crippen molar-refractivity contribution in [1.82, 2.24) is 15.1 Å². The molecule has 0 spiro atoms. The Kier molecular flexibility index (Phi) is 4.69. The molecule has 1 unspecified atom stereocenters. The monoisotopic (exact) mass is 309 g/mol. The smallest absolute Gasteiger partial charge is 0.227 e. The van der Waals surface area contributed by atoms with E-state index in [1.807, 2.05) is 0 Å². The van der Waals surface area contributed by atoms with Crippen molar-refractivity contribution in [2.75, 3.05) is 39.3 Å². The van der Waals surface area contributed by atoms with Gasteiger partial charge in [-0.3, -0.25) is 9.69 Å². The summed E-state index contributed by atoms with van der Waals surface area (Å²) in [7, 11) is 0. The van der Waals surface area contributed by atoms with Crippen LogP contribution in [-0.2, 0) is 11.2 Å². The second kappa shape index (κ2) is 6.71. The number of carbonyl (C=O) groups excluding carboxylic acids is 1. The van der Waals surface area contributed by atoms with Gasteiger partial charge in [0.25, 0.3) is 0 Å². The van der Waals surface area contributed by atoms with Crippen molar-refractivity contribution in [3.8, 4) is 0 Å². The predicted octanol–water partition coefficient (Wildman–Crippen LogP) is 1.01. The van der Waals surface area contributed by atoms with Crippen LogP contribution < -0.4 is 5.32 Å². The molecular formula is C16H21F2N3O. The topological polar surface area (TPSA) is 35.6 Å². The first-order chi connectivity index (χ1) is 10.6. The van der Waals surface area contributed by atoms with Crippen molar-refractivity contribution >= 4 is 5.91 Å². The molecule has 1 N–H and O–H groups in total. The largest absolute Gasteiger partial charge is 0.341 e. The van der Waals surface area contributed by atoms with E-state index in [0.29, 0.717) is 12.6 Å². The number of benzene rings is 1. The fourth-order valence-corrected chi connectivity index (χ4v) is 3.25. The zero-order valence-electron chi connectivity index (χ0n) is 12.5. The van der Waals surface area contributed by atoms with Crippen LogP contribution in [0.25, 0.3) is 0 Å². The van der Waals surface area contributed by atoms with Crippen molar-refractivity contribution in [3.63, 3.8) is 0 Å². The van der Waals surface area contributed by atoms with Gasteiger partial charge in [-0.05, 0) is 18.1 Å². The van der Waals surface area contributed by atoms with Gasteiger partial charge < -0.3 is 10.2 Å². The minimum Gasteiger partial charge on any atom is -0.341 e. The molecule has 1 atom stereocenters. The fourth-order valence-electron chi connectivity index (χ4n) is 3.25. The first kappa shape index (κ1) is 15.4. The van der Waals surface area contributed by atoms with Crippen LogP contribution in [0.15, 0.2) is 18.2 Å². The summed E-state index contributed by atoms with van der Waals surface area (Å²) in [6.45, 7) is 5.44. The Bertz CT molecular complexity index is 546. The summed E-state index contributed by atoms with van der Waals surface area (Å²) in [5, 5.41) is 3.32. The summed E-state index contributed by atoms with van der Waals surface area (Å²) in [6, 6.07) is 3.78. The van der Waals surface area contributed by atoms with Crippen LogP contribution in [0.5, 0.6) is 0 Å². The maximum Gasteiger partial charge on any atom is 0.227 e. The molecule has 0 saturated carbocycles. The van der Waals surface area contributed by atoms with Gasteiger partial charge in [0.15, 0.2) is 0 Å². The molecule has 0 aromatic heterocycles. The van der Waals surface area contributed by atoms with Crippen LogP contribution in [-0.4, -0.2) is 61.0 Å². The number of piperazine rings is 1. The van der Waals surface area contributed by atoms with E-state index in [1.54, 1.807) is 4.90 Å². The molecule has 3 rings (SSSR count). The number of halogens is 2. The molecule has 0 radical (unpaired) electrons. The lowest BCUT2D eigenvalue weighted by Crippen LogP contribution is -2.49. The second-order valence-corrected chi connectivity index (χ2v) is 5.98. The molecule has 4 nitrogen and oxygen atoms in total. The number of carbonyl (C=O) groups is 1. The van der Waals surface area contributed by atoms with Crippen LogP contribution in [0.4, 0.5) is 8.78 Å². The Labute approximate surface area is 129 Å². The first-order valence-electron chi connectivity index (χ1n) is 7.80. The highest BCUT2D eigenvalue weighted by Crippen LogP contribution is 2.18. The normalized spacial score (nSPS) is 23.0. The molecule has 1 aromatic carbocycles. The molecule has 2 fully saturated rings. The number of nitrogens with one attached hydrogen (secondary N) is 1. The molecular weight excluding hydrogens is 288 g/mol. The third-order valence-electron chi connectivity index (χ3n) is 4.54. The van der Waals surface area contributed by atoms with Crippen LogP contribution in [0.1, 0.15) is 12.0 Å². The van der Waals surface area contributed by atoms with Gasteiger partial charge in [-0.15, -0.1) is 0 Å². The van der Waals surface area contributed by atoms with Gasteiger partial charge >= 0.3 is 0 Å². The van der Waals surface area contributed by atoms with Gasteiger partial charge in [0.2, 0.25) is 5.91 Å². The zero-order chi connectivity index (χ0) is 15.5. The number of amides is 1. The average molecular weight is 309 g/mol. The number of nitrogens with zero attached hydrogens (tertiary/aromatic N) is 2. The summed E-state index contributed by atoms with van der Waals surface area (Å²) in [6.07, 6.45) is 0.970. The van der Waals surface area contributed by atoms with Crippen LogP contribution in [0.3, 0.4) is 0 Å². The molecule has 2 aliphatic heterocycles. The Morgan fingerprint density at radius 1 is 1.23 bits per heavy atom. The lowest BCUT2D eigenvalue weighted by molar-refractivity contribution is -0.129. The van der Waals surface area contributed by atoms with Gasteiger partial charge in [0, 0.05) is 51.4 Å². The molecule has 22 heavy (non-hydrogen) atoms. The Morgan fingerprint density at radius 3 is 2.73 bits per heavy atom. The number of hydrogen-bond acceptors (Lipinski definition) is 3. The molecule has 0 aliphatic carbocycles. The van der Waals surface area contributed by atoms with Gasteiger partial charge in [0.05, 0.1) is 6.42 Å². The lowest BCUT2D eigenvalue weighted by Gasteiger charge is -2.32. The number of likely N-dealkylation sites (tertiary alicyclic amines) is 1. The van der Waals surface area contributed by atoms with Gasteiger partial charge in [-0.1, -0.05) is 6.07 Å². The molecule has 1 aromatic rings. The van der Waals surface area contributed by atoms with Gasteiger partial charge in [0.1, 0.15) is 11.6 Å². The third-order valence-corrected chi connectivity index (χ3v) is 4.54. The SMILES string of the molecule is O=C(Cc1ccc(F)cc1F)N1CCC(N2CCNCC2)C1. The Balaban J connectivity index is 1.57. The summed E-state index contributed by atoms with van der Waals surface area (Å²) < 4.78 is 26.5. The van der Waals surface area contributed by atoms with E-state index in [9.17, 15) is 13.6 Å². The molecule has 1 amide bonds. The summed E-state index contributed by atoms with van der Waals surface area (Å²) >= 11 is 0. The van der Waals surface area contributed by atoms with E-state index in [-0.39, 0.29) is 17.9 Å². The second-order valence-electron chi connectivity index (χ2n) is 5.98. The zero-order valence-corrected chi connectivity index (χ0v) is 12.5. The standard InChI is InChI=1S/C16H21F2N3O/c17-13-2-1-12(15(18)10-13)9-16(22)21-6-3-14(11-21)20-7-4-19-5-8-20/h1-2,10,14,19H,3-9,11H2. The number of hydrogen-bond donors (Lipinski definition) is 1. The van der Waals surface area contributed by atoms with Crippen molar-refractivity contribution in [2.45, 2.75) is 18.9 Å². The average Bonchev–Trinajstić information content (AvgIpc) is 3.01. The highest BCUT2D eigenvalue weighted by molar-refractivity contribution is 5.79.